The Balaban J connectivity index is 1.72. The van der Waals surface area contributed by atoms with Gasteiger partial charge in [0.25, 0.3) is 0 Å². The van der Waals surface area contributed by atoms with E-state index in [2.05, 4.69) is 5.10 Å². The molecule has 152 valence electrons. The van der Waals surface area contributed by atoms with Gasteiger partial charge in [0.15, 0.2) is 5.65 Å². The topological polar surface area (TPSA) is 50.5 Å². The molecule has 29 heavy (non-hydrogen) atoms. The predicted molar refractivity (Wildman–Crippen MR) is 111 cm³/mol. The lowest BCUT2D eigenvalue weighted by molar-refractivity contribution is -0.130. The lowest BCUT2D eigenvalue weighted by Gasteiger charge is -2.21. The van der Waals surface area contributed by atoms with Crippen molar-refractivity contribution < 1.29 is 9.18 Å². The molecular formula is C23H27FN4O. The normalized spacial score (nSPS) is 15.0. The highest BCUT2D eigenvalue weighted by Crippen LogP contribution is 2.29. The SMILES string of the molecule is Cc1nc2c(-c3ccc(F)cc3)c(C)nn2c(C)c1CC(=O)N1CCCCCC1. The third kappa shape index (κ3) is 3.76. The molecule has 2 aromatic heterocycles. The summed E-state index contributed by atoms with van der Waals surface area (Å²) in [5, 5.41) is 4.68. The van der Waals surface area contributed by atoms with Crippen LogP contribution in [-0.2, 0) is 11.2 Å². The maximum atomic E-state index is 13.4. The molecule has 4 rings (SSSR count). The Morgan fingerprint density at radius 2 is 1.66 bits per heavy atom. The number of carbonyl (C=O) groups excluding carboxylic acids is 1. The number of carbonyl (C=O) groups is 1. The van der Waals surface area contributed by atoms with Gasteiger partial charge in [-0.2, -0.15) is 5.10 Å². The van der Waals surface area contributed by atoms with E-state index in [9.17, 15) is 9.18 Å². The summed E-state index contributed by atoms with van der Waals surface area (Å²) < 4.78 is 15.2. The Morgan fingerprint density at radius 3 is 2.31 bits per heavy atom. The Morgan fingerprint density at radius 1 is 1.00 bits per heavy atom. The van der Waals surface area contributed by atoms with Crippen LogP contribution in [0.15, 0.2) is 24.3 Å². The minimum absolute atomic E-state index is 0.168. The average molecular weight is 394 g/mol. The molecule has 0 spiro atoms. The number of rotatable bonds is 3. The standard InChI is InChI=1S/C23H27FN4O/c1-15-20(14-21(29)27-12-6-4-5-7-13-27)17(3)28-23(25-15)22(16(2)26-28)18-8-10-19(24)11-9-18/h8-11H,4-7,12-14H2,1-3H3. The first-order chi connectivity index (χ1) is 14.0. The molecule has 3 aromatic rings. The second-order valence-corrected chi connectivity index (χ2v) is 7.94. The summed E-state index contributed by atoms with van der Waals surface area (Å²) in [6, 6.07) is 6.41. The van der Waals surface area contributed by atoms with E-state index in [1.54, 1.807) is 12.1 Å². The van der Waals surface area contributed by atoms with Crippen molar-refractivity contribution in [1.29, 1.82) is 0 Å². The first-order valence-electron chi connectivity index (χ1n) is 10.3. The molecule has 3 heterocycles. The highest BCUT2D eigenvalue weighted by atomic mass is 19.1. The van der Waals surface area contributed by atoms with Crippen molar-refractivity contribution in [3.8, 4) is 11.1 Å². The lowest BCUT2D eigenvalue weighted by atomic mass is 10.0. The summed E-state index contributed by atoms with van der Waals surface area (Å²) in [5.74, 6) is -0.0978. The molecule has 0 N–H and O–H groups in total. The molecular weight excluding hydrogens is 367 g/mol. The molecule has 1 aliphatic heterocycles. The van der Waals surface area contributed by atoms with Gasteiger partial charge in [-0.25, -0.2) is 13.9 Å². The van der Waals surface area contributed by atoms with E-state index >= 15 is 0 Å². The third-order valence-electron chi connectivity index (χ3n) is 5.92. The van der Waals surface area contributed by atoms with E-state index in [0.29, 0.717) is 6.42 Å². The van der Waals surface area contributed by atoms with Crippen molar-refractivity contribution in [3.63, 3.8) is 0 Å². The Bertz CT molecular complexity index is 1050. The van der Waals surface area contributed by atoms with Crippen molar-refractivity contribution in [1.82, 2.24) is 19.5 Å². The fourth-order valence-electron chi connectivity index (χ4n) is 4.26. The highest BCUT2D eigenvalue weighted by Gasteiger charge is 2.22. The van der Waals surface area contributed by atoms with Crippen LogP contribution < -0.4 is 0 Å². The van der Waals surface area contributed by atoms with E-state index in [1.807, 2.05) is 30.2 Å². The zero-order valence-electron chi connectivity index (χ0n) is 17.3. The van der Waals surface area contributed by atoms with Crippen LogP contribution in [0, 0.1) is 26.6 Å². The van der Waals surface area contributed by atoms with Crippen LogP contribution in [0.1, 0.15) is 48.3 Å². The van der Waals surface area contributed by atoms with Crippen molar-refractivity contribution in [3.05, 3.63) is 52.7 Å². The zero-order valence-corrected chi connectivity index (χ0v) is 17.3. The average Bonchev–Trinajstić information content (AvgIpc) is 2.87. The smallest absolute Gasteiger partial charge is 0.227 e. The molecule has 1 aliphatic rings. The minimum Gasteiger partial charge on any atom is -0.342 e. The summed E-state index contributed by atoms with van der Waals surface area (Å²) in [5.41, 5.74) is 6.10. The van der Waals surface area contributed by atoms with Gasteiger partial charge in [0.1, 0.15) is 5.82 Å². The highest BCUT2D eigenvalue weighted by molar-refractivity contribution is 5.82. The number of likely N-dealkylation sites (tertiary alicyclic amines) is 1. The Labute approximate surface area is 170 Å². The van der Waals surface area contributed by atoms with Crippen molar-refractivity contribution >= 4 is 11.6 Å². The fourth-order valence-corrected chi connectivity index (χ4v) is 4.26. The van der Waals surface area contributed by atoms with Crippen LogP contribution >= 0.6 is 0 Å². The second kappa shape index (κ2) is 7.93. The van der Waals surface area contributed by atoms with Gasteiger partial charge in [0.05, 0.1) is 12.1 Å². The van der Waals surface area contributed by atoms with Gasteiger partial charge in [-0.3, -0.25) is 4.79 Å². The first kappa shape index (κ1) is 19.6. The molecule has 0 aliphatic carbocycles. The number of aryl methyl sites for hydroxylation is 3. The number of hydrogen-bond donors (Lipinski definition) is 0. The largest absolute Gasteiger partial charge is 0.342 e. The molecule has 0 bridgehead atoms. The molecule has 0 saturated carbocycles. The number of hydrogen-bond acceptors (Lipinski definition) is 3. The van der Waals surface area contributed by atoms with Crippen LogP contribution in [-0.4, -0.2) is 38.5 Å². The van der Waals surface area contributed by atoms with Gasteiger partial charge in [-0.1, -0.05) is 25.0 Å². The third-order valence-corrected chi connectivity index (χ3v) is 5.92. The number of fused-ring (bicyclic) bond motifs is 1. The van der Waals surface area contributed by atoms with Gasteiger partial charge in [0.2, 0.25) is 5.91 Å². The van der Waals surface area contributed by atoms with Gasteiger partial charge in [-0.05, 0) is 51.3 Å². The van der Waals surface area contributed by atoms with Crippen molar-refractivity contribution in [2.24, 2.45) is 0 Å². The molecule has 1 aromatic carbocycles. The van der Waals surface area contributed by atoms with Gasteiger partial charge in [0, 0.05) is 35.6 Å². The number of benzene rings is 1. The number of nitrogens with zero attached hydrogens (tertiary/aromatic N) is 4. The van der Waals surface area contributed by atoms with E-state index in [-0.39, 0.29) is 11.7 Å². The summed E-state index contributed by atoms with van der Waals surface area (Å²) >= 11 is 0. The minimum atomic E-state index is -0.266. The molecule has 1 saturated heterocycles. The quantitative estimate of drug-likeness (QED) is 0.661. The summed E-state index contributed by atoms with van der Waals surface area (Å²) in [7, 11) is 0. The van der Waals surface area contributed by atoms with E-state index < -0.39 is 0 Å². The number of halogens is 1. The van der Waals surface area contributed by atoms with Gasteiger partial charge < -0.3 is 4.90 Å². The zero-order chi connectivity index (χ0) is 20.5. The van der Waals surface area contributed by atoms with E-state index in [1.165, 1.54) is 25.0 Å². The van der Waals surface area contributed by atoms with Crippen molar-refractivity contribution in [2.45, 2.75) is 52.9 Å². The molecule has 6 heteroatoms. The molecule has 0 unspecified atom stereocenters. The lowest BCUT2D eigenvalue weighted by Crippen LogP contribution is -2.33. The van der Waals surface area contributed by atoms with Gasteiger partial charge in [-0.15, -0.1) is 0 Å². The second-order valence-electron chi connectivity index (χ2n) is 7.94. The van der Waals surface area contributed by atoms with Crippen LogP contribution in [0.5, 0.6) is 0 Å². The fraction of sp³-hybridized carbons (Fsp3) is 0.435. The molecule has 0 atom stereocenters. The molecule has 5 nitrogen and oxygen atoms in total. The van der Waals surface area contributed by atoms with Crippen LogP contribution in [0.3, 0.4) is 0 Å². The number of amides is 1. The van der Waals surface area contributed by atoms with E-state index in [0.717, 1.165) is 65.4 Å². The molecule has 1 fully saturated rings. The maximum Gasteiger partial charge on any atom is 0.227 e. The summed E-state index contributed by atoms with van der Waals surface area (Å²) in [6.45, 7) is 7.58. The van der Waals surface area contributed by atoms with Crippen LogP contribution in [0.25, 0.3) is 16.8 Å². The van der Waals surface area contributed by atoms with Crippen LogP contribution in [0.2, 0.25) is 0 Å². The Hall–Kier alpha value is -2.76. The number of aromatic nitrogens is 3. The van der Waals surface area contributed by atoms with Gasteiger partial charge >= 0.3 is 0 Å². The Kier molecular flexibility index (Phi) is 5.35. The maximum absolute atomic E-state index is 13.4. The molecule has 0 radical (unpaired) electrons. The molecule has 1 amide bonds. The van der Waals surface area contributed by atoms with Crippen LogP contribution in [0.4, 0.5) is 4.39 Å². The first-order valence-corrected chi connectivity index (χ1v) is 10.3. The summed E-state index contributed by atoms with van der Waals surface area (Å²) in [6.07, 6.45) is 4.92. The van der Waals surface area contributed by atoms with Crippen molar-refractivity contribution in [2.75, 3.05) is 13.1 Å². The summed E-state index contributed by atoms with van der Waals surface area (Å²) in [4.78, 5) is 19.7. The van der Waals surface area contributed by atoms with E-state index in [4.69, 9.17) is 4.98 Å². The monoisotopic (exact) mass is 394 g/mol. The predicted octanol–water partition coefficient (Wildman–Crippen LogP) is 4.41.